The number of halogens is 1. The second kappa shape index (κ2) is 6.41. The molecule has 0 saturated carbocycles. The minimum atomic E-state index is 0.0399. The highest BCUT2D eigenvalue weighted by Crippen LogP contribution is 2.22. The van der Waals surface area contributed by atoms with Gasteiger partial charge in [0.05, 0.1) is 3.79 Å². The van der Waals surface area contributed by atoms with Crippen molar-refractivity contribution in [2.45, 2.75) is 13.5 Å². The summed E-state index contributed by atoms with van der Waals surface area (Å²) in [6.45, 7) is 2.62. The summed E-state index contributed by atoms with van der Waals surface area (Å²) in [7, 11) is 3.71. The molecule has 2 rings (SSSR count). The fraction of sp³-hybridized carbons (Fsp3) is 0.267. The molecule has 20 heavy (non-hydrogen) atoms. The summed E-state index contributed by atoms with van der Waals surface area (Å²) in [6.07, 6.45) is 0. The zero-order chi connectivity index (χ0) is 14.7. The van der Waals surface area contributed by atoms with Crippen molar-refractivity contribution in [3.63, 3.8) is 0 Å². The first-order valence-corrected chi connectivity index (χ1v) is 7.95. The molecule has 0 radical (unpaired) electrons. The summed E-state index contributed by atoms with van der Waals surface area (Å²) in [5.41, 5.74) is 3.98. The smallest absolute Gasteiger partial charge is 0.253 e. The Hall–Kier alpha value is -1.33. The van der Waals surface area contributed by atoms with Crippen molar-refractivity contribution in [1.29, 1.82) is 0 Å². The highest BCUT2D eigenvalue weighted by atomic mass is 79.9. The molecule has 0 aliphatic carbocycles. The van der Waals surface area contributed by atoms with Gasteiger partial charge in [-0.2, -0.15) is 0 Å². The Kier molecular flexibility index (Phi) is 4.83. The first kappa shape index (κ1) is 15.1. The van der Waals surface area contributed by atoms with Gasteiger partial charge in [0.2, 0.25) is 0 Å². The van der Waals surface area contributed by atoms with Crippen LogP contribution in [0.4, 0.5) is 5.69 Å². The molecule has 1 amide bonds. The third-order valence-corrected chi connectivity index (χ3v) is 4.68. The number of amides is 1. The standard InChI is InChI=1S/C15H17BrN2OS/c1-10-6-12(4-5-13(10)17-2)15(19)18(3)8-11-7-14(16)20-9-11/h4-7,9,17H,8H2,1-3H3. The predicted octanol–water partition coefficient (Wildman–Crippen LogP) is 4.13. The van der Waals surface area contributed by atoms with E-state index >= 15 is 0 Å². The zero-order valence-electron chi connectivity index (χ0n) is 11.7. The molecule has 0 aliphatic rings. The number of nitrogens with one attached hydrogen (secondary N) is 1. The van der Waals surface area contributed by atoms with Crippen molar-refractivity contribution < 1.29 is 4.79 Å². The number of rotatable bonds is 4. The van der Waals surface area contributed by atoms with Crippen LogP contribution in [0.5, 0.6) is 0 Å². The molecule has 0 fully saturated rings. The fourth-order valence-electron chi connectivity index (χ4n) is 2.07. The van der Waals surface area contributed by atoms with Crippen molar-refractivity contribution in [3.05, 3.63) is 50.1 Å². The highest BCUT2D eigenvalue weighted by molar-refractivity contribution is 9.11. The van der Waals surface area contributed by atoms with Gasteiger partial charge >= 0.3 is 0 Å². The molecule has 3 nitrogen and oxygen atoms in total. The largest absolute Gasteiger partial charge is 0.388 e. The molecule has 1 aromatic carbocycles. The number of thiophene rings is 1. The molecular formula is C15H17BrN2OS. The Morgan fingerprint density at radius 1 is 1.40 bits per heavy atom. The van der Waals surface area contributed by atoms with E-state index in [0.717, 1.165) is 26.2 Å². The van der Waals surface area contributed by atoms with Crippen LogP contribution in [-0.4, -0.2) is 24.9 Å². The van der Waals surface area contributed by atoms with Crippen molar-refractivity contribution in [2.24, 2.45) is 0 Å². The van der Waals surface area contributed by atoms with Gasteiger partial charge in [-0.15, -0.1) is 11.3 Å². The molecule has 106 valence electrons. The van der Waals surface area contributed by atoms with Gasteiger partial charge in [0, 0.05) is 31.9 Å². The van der Waals surface area contributed by atoms with Crippen LogP contribution in [0.25, 0.3) is 0 Å². The lowest BCUT2D eigenvalue weighted by atomic mass is 10.1. The molecule has 2 aromatic rings. The van der Waals surface area contributed by atoms with Crippen LogP contribution in [0.15, 0.2) is 33.4 Å². The number of carbonyl (C=O) groups is 1. The van der Waals surface area contributed by atoms with Gasteiger partial charge in [-0.1, -0.05) is 0 Å². The lowest BCUT2D eigenvalue weighted by Crippen LogP contribution is -2.26. The molecule has 1 aromatic heterocycles. The van der Waals surface area contributed by atoms with E-state index in [2.05, 4.69) is 26.6 Å². The van der Waals surface area contributed by atoms with Crippen LogP contribution in [0.1, 0.15) is 21.5 Å². The number of hydrogen-bond acceptors (Lipinski definition) is 3. The number of hydrogen-bond donors (Lipinski definition) is 1. The summed E-state index contributed by atoms with van der Waals surface area (Å²) in [4.78, 5) is 14.1. The third-order valence-electron chi connectivity index (χ3n) is 3.13. The maximum Gasteiger partial charge on any atom is 0.253 e. The molecular weight excluding hydrogens is 336 g/mol. The van der Waals surface area contributed by atoms with Crippen LogP contribution in [0, 0.1) is 6.92 Å². The van der Waals surface area contributed by atoms with E-state index in [1.807, 2.05) is 45.3 Å². The van der Waals surface area contributed by atoms with E-state index in [0.29, 0.717) is 6.54 Å². The monoisotopic (exact) mass is 352 g/mol. The fourth-order valence-corrected chi connectivity index (χ4v) is 3.27. The van der Waals surface area contributed by atoms with E-state index in [1.54, 1.807) is 16.2 Å². The first-order chi connectivity index (χ1) is 9.51. The van der Waals surface area contributed by atoms with E-state index < -0.39 is 0 Å². The lowest BCUT2D eigenvalue weighted by Gasteiger charge is -2.17. The normalized spacial score (nSPS) is 10.4. The summed E-state index contributed by atoms with van der Waals surface area (Å²) in [6, 6.07) is 7.77. The first-order valence-electron chi connectivity index (χ1n) is 6.28. The van der Waals surface area contributed by atoms with Gasteiger partial charge in [-0.25, -0.2) is 0 Å². The quantitative estimate of drug-likeness (QED) is 0.896. The summed E-state index contributed by atoms with van der Waals surface area (Å²) < 4.78 is 1.09. The van der Waals surface area contributed by atoms with Gasteiger partial charge in [0.15, 0.2) is 0 Å². The molecule has 0 saturated heterocycles. The highest BCUT2D eigenvalue weighted by Gasteiger charge is 2.13. The molecule has 0 spiro atoms. The summed E-state index contributed by atoms with van der Waals surface area (Å²) in [5, 5.41) is 5.16. The molecule has 0 bridgehead atoms. The van der Waals surface area contributed by atoms with Gasteiger partial charge in [-0.05, 0) is 63.6 Å². The summed E-state index contributed by atoms with van der Waals surface area (Å²) >= 11 is 5.07. The maximum atomic E-state index is 12.4. The summed E-state index contributed by atoms with van der Waals surface area (Å²) in [5.74, 6) is 0.0399. The van der Waals surface area contributed by atoms with Crippen LogP contribution < -0.4 is 5.32 Å². The van der Waals surface area contributed by atoms with Gasteiger partial charge in [-0.3, -0.25) is 4.79 Å². The minimum absolute atomic E-state index is 0.0399. The molecule has 1 heterocycles. The third kappa shape index (κ3) is 3.41. The number of carbonyl (C=O) groups excluding carboxylic acids is 1. The van der Waals surface area contributed by atoms with Crippen molar-refractivity contribution in [3.8, 4) is 0 Å². The van der Waals surface area contributed by atoms with Crippen molar-refractivity contribution >= 4 is 38.9 Å². The topological polar surface area (TPSA) is 32.3 Å². The van der Waals surface area contributed by atoms with Gasteiger partial charge < -0.3 is 10.2 Å². The Morgan fingerprint density at radius 3 is 2.70 bits per heavy atom. The second-order valence-corrected chi connectivity index (χ2v) is 6.99. The second-order valence-electron chi connectivity index (χ2n) is 4.70. The molecule has 0 unspecified atom stereocenters. The number of aryl methyl sites for hydroxylation is 1. The SMILES string of the molecule is CNc1ccc(C(=O)N(C)Cc2csc(Br)c2)cc1C. The van der Waals surface area contributed by atoms with Crippen LogP contribution in [0.2, 0.25) is 0 Å². The molecule has 0 aliphatic heterocycles. The van der Waals surface area contributed by atoms with Crippen LogP contribution in [-0.2, 0) is 6.54 Å². The number of anilines is 1. The minimum Gasteiger partial charge on any atom is -0.388 e. The van der Waals surface area contributed by atoms with Crippen molar-refractivity contribution in [1.82, 2.24) is 4.90 Å². The molecule has 0 atom stereocenters. The molecule has 1 N–H and O–H groups in total. The van der Waals surface area contributed by atoms with Gasteiger partial charge in [0.25, 0.3) is 5.91 Å². The van der Waals surface area contributed by atoms with Crippen molar-refractivity contribution in [2.75, 3.05) is 19.4 Å². The van der Waals surface area contributed by atoms with Crippen LogP contribution in [0.3, 0.4) is 0 Å². The van der Waals surface area contributed by atoms with E-state index in [4.69, 9.17) is 0 Å². The Bertz CT molecular complexity index is 624. The van der Waals surface area contributed by atoms with E-state index in [-0.39, 0.29) is 5.91 Å². The average Bonchev–Trinajstić information content (AvgIpc) is 2.83. The number of nitrogens with zero attached hydrogens (tertiary/aromatic N) is 1. The predicted molar refractivity (Wildman–Crippen MR) is 88.5 cm³/mol. The Labute approximate surface area is 131 Å². The molecule has 5 heteroatoms. The number of benzene rings is 1. The lowest BCUT2D eigenvalue weighted by molar-refractivity contribution is 0.0785. The Morgan fingerprint density at radius 2 is 2.15 bits per heavy atom. The van der Waals surface area contributed by atoms with E-state index in [1.165, 1.54) is 0 Å². The maximum absolute atomic E-state index is 12.4. The van der Waals surface area contributed by atoms with E-state index in [9.17, 15) is 4.79 Å². The van der Waals surface area contributed by atoms with Crippen LogP contribution >= 0.6 is 27.3 Å². The van der Waals surface area contributed by atoms with Gasteiger partial charge in [0.1, 0.15) is 0 Å². The Balaban J connectivity index is 2.12. The average molecular weight is 353 g/mol. The zero-order valence-corrected chi connectivity index (χ0v) is 14.1.